The number of nitrogens with zero attached hydrogens (tertiary/aromatic N) is 1. The molecule has 0 aliphatic carbocycles. The Hall–Kier alpha value is -2.17. The summed E-state index contributed by atoms with van der Waals surface area (Å²) in [5.74, 6) is 5.00. The fourth-order valence-electron chi connectivity index (χ4n) is 2.71. The molecule has 0 bridgehead atoms. The molecule has 2 aromatic rings. The monoisotopic (exact) mass is 267 g/mol. The van der Waals surface area contributed by atoms with Crippen molar-refractivity contribution in [3.05, 3.63) is 70.8 Å². The molecule has 0 saturated carbocycles. The Labute approximate surface area is 118 Å². The molecule has 0 atom stereocenters. The van der Waals surface area contributed by atoms with E-state index in [0.29, 0.717) is 5.56 Å². The van der Waals surface area contributed by atoms with Gasteiger partial charge >= 0.3 is 0 Å². The van der Waals surface area contributed by atoms with Crippen molar-refractivity contribution in [2.75, 3.05) is 0 Å². The predicted octanol–water partition coefficient (Wildman–Crippen LogP) is 1.81. The molecular formula is C16H17N3O. The van der Waals surface area contributed by atoms with E-state index >= 15 is 0 Å². The minimum Gasteiger partial charge on any atom is -0.291 e. The summed E-state index contributed by atoms with van der Waals surface area (Å²) in [6, 6.07) is 16.0. The van der Waals surface area contributed by atoms with Gasteiger partial charge in [-0.25, -0.2) is 5.84 Å². The fourth-order valence-corrected chi connectivity index (χ4v) is 2.71. The molecule has 2 aromatic carbocycles. The second kappa shape index (κ2) is 5.45. The Bertz CT molecular complexity index is 614. The lowest BCUT2D eigenvalue weighted by Gasteiger charge is -2.17. The molecule has 0 radical (unpaired) electrons. The molecule has 0 unspecified atom stereocenters. The molecule has 0 spiro atoms. The smallest absolute Gasteiger partial charge is 0.265 e. The van der Waals surface area contributed by atoms with E-state index in [9.17, 15) is 4.79 Å². The number of carbonyl (C=O) groups is 1. The van der Waals surface area contributed by atoms with Crippen molar-refractivity contribution in [1.29, 1.82) is 0 Å². The lowest BCUT2D eigenvalue weighted by Crippen LogP contribution is -2.31. The van der Waals surface area contributed by atoms with Crippen LogP contribution >= 0.6 is 0 Å². The van der Waals surface area contributed by atoms with Crippen LogP contribution in [0.4, 0.5) is 0 Å². The number of nitrogens with one attached hydrogen (secondary N) is 1. The van der Waals surface area contributed by atoms with Crippen LogP contribution in [0, 0.1) is 0 Å². The van der Waals surface area contributed by atoms with Crippen LogP contribution in [0.25, 0.3) is 0 Å². The van der Waals surface area contributed by atoms with Gasteiger partial charge in [-0.05, 0) is 22.8 Å². The predicted molar refractivity (Wildman–Crippen MR) is 77.5 cm³/mol. The van der Waals surface area contributed by atoms with E-state index < -0.39 is 0 Å². The maximum Gasteiger partial charge on any atom is 0.265 e. The Morgan fingerprint density at radius 2 is 1.65 bits per heavy atom. The number of fused-ring (bicyclic) bond motifs is 1. The molecule has 1 amide bonds. The average molecular weight is 267 g/mol. The van der Waals surface area contributed by atoms with Gasteiger partial charge in [0.25, 0.3) is 5.91 Å². The molecule has 1 heterocycles. The van der Waals surface area contributed by atoms with E-state index in [2.05, 4.69) is 34.6 Å². The number of benzene rings is 2. The van der Waals surface area contributed by atoms with Crippen molar-refractivity contribution in [2.24, 2.45) is 5.84 Å². The van der Waals surface area contributed by atoms with Gasteiger partial charge in [0.2, 0.25) is 0 Å². The van der Waals surface area contributed by atoms with Crippen LogP contribution in [0.5, 0.6) is 0 Å². The third-order valence-electron chi connectivity index (χ3n) is 3.69. The number of carbonyl (C=O) groups excluding carboxylic acids is 1. The highest BCUT2D eigenvalue weighted by molar-refractivity contribution is 5.95. The first kappa shape index (κ1) is 12.8. The van der Waals surface area contributed by atoms with E-state index in [1.54, 1.807) is 6.07 Å². The molecular weight excluding hydrogens is 250 g/mol. The van der Waals surface area contributed by atoms with Gasteiger partial charge in [-0.1, -0.05) is 42.5 Å². The first-order chi connectivity index (χ1) is 9.78. The van der Waals surface area contributed by atoms with E-state index in [4.69, 9.17) is 5.84 Å². The van der Waals surface area contributed by atoms with Crippen molar-refractivity contribution in [3.8, 4) is 0 Å². The van der Waals surface area contributed by atoms with Gasteiger partial charge in [0.15, 0.2) is 0 Å². The van der Waals surface area contributed by atoms with Gasteiger partial charge in [0.1, 0.15) is 0 Å². The van der Waals surface area contributed by atoms with Crippen molar-refractivity contribution in [3.63, 3.8) is 0 Å². The van der Waals surface area contributed by atoms with Crippen LogP contribution in [0.1, 0.15) is 27.0 Å². The van der Waals surface area contributed by atoms with Crippen molar-refractivity contribution in [2.45, 2.75) is 19.6 Å². The first-order valence-electron chi connectivity index (χ1n) is 6.66. The van der Waals surface area contributed by atoms with Gasteiger partial charge in [0, 0.05) is 25.2 Å². The standard InChI is InChI=1S/C16H17N3O/c17-18-16(20)15-8-4-3-7-14(15)11-19-9-12-5-1-2-6-13(12)10-19/h1-8H,9-11,17H2,(H,18,20). The molecule has 1 aliphatic heterocycles. The lowest BCUT2D eigenvalue weighted by molar-refractivity contribution is 0.0951. The first-order valence-corrected chi connectivity index (χ1v) is 6.66. The highest BCUT2D eigenvalue weighted by Crippen LogP contribution is 2.24. The highest BCUT2D eigenvalue weighted by Gasteiger charge is 2.20. The number of hydrazine groups is 1. The van der Waals surface area contributed by atoms with Crippen LogP contribution in [0.15, 0.2) is 48.5 Å². The molecule has 102 valence electrons. The van der Waals surface area contributed by atoms with Crippen LogP contribution in [-0.2, 0) is 19.6 Å². The largest absolute Gasteiger partial charge is 0.291 e. The van der Waals surface area contributed by atoms with Gasteiger partial charge in [0.05, 0.1) is 0 Å². The van der Waals surface area contributed by atoms with E-state index in [-0.39, 0.29) is 5.91 Å². The number of rotatable bonds is 3. The molecule has 3 rings (SSSR count). The molecule has 0 fully saturated rings. The lowest BCUT2D eigenvalue weighted by atomic mass is 10.1. The van der Waals surface area contributed by atoms with Crippen LogP contribution in [-0.4, -0.2) is 10.8 Å². The third kappa shape index (κ3) is 2.43. The summed E-state index contributed by atoms with van der Waals surface area (Å²) in [6.45, 7) is 2.60. The SMILES string of the molecule is NNC(=O)c1ccccc1CN1Cc2ccccc2C1. The normalized spacial score (nSPS) is 14.1. The number of hydrogen-bond donors (Lipinski definition) is 2. The fraction of sp³-hybridized carbons (Fsp3) is 0.188. The molecule has 4 nitrogen and oxygen atoms in total. The summed E-state index contributed by atoms with van der Waals surface area (Å²) in [7, 11) is 0. The number of nitrogen functional groups attached to an aromatic ring is 1. The maximum atomic E-state index is 11.8. The highest BCUT2D eigenvalue weighted by atomic mass is 16.2. The van der Waals surface area contributed by atoms with Crippen LogP contribution < -0.4 is 11.3 Å². The van der Waals surface area contributed by atoms with Crippen molar-refractivity contribution < 1.29 is 4.79 Å². The number of nitrogens with two attached hydrogens (primary N) is 1. The zero-order valence-corrected chi connectivity index (χ0v) is 11.2. The summed E-state index contributed by atoms with van der Waals surface area (Å²) in [6.07, 6.45) is 0. The zero-order valence-electron chi connectivity index (χ0n) is 11.2. The molecule has 20 heavy (non-hydrogen) atoms. The Morgan fingerprint density at radius 3 is 2.30 bits per heavy atom. The second-order valence-electron chi connectivity index (χ2n) is 5.04. The summed E-state index contributed by atoms with van der Waals surface area (Å²) < 4.78 is 0. The molecule has 0 saturated heterocycles. The van der Waals surface area contributed by atoms with Crippen molar-refractivity contribution >= 4 is 5.91 Å². The Balaban J connectivity index is 1.79. The van der Waals surface area contributed by atoms with Gasteiger partial charge in [-0.15, -0.1) is 0 Å². The third-order valence-corrected chi connectivity index (χ3v) is 3.69. The maximum absolute atomic E-state index is 11.8. The summed E-state index contributed by atoms with van der Waals surface area (Å²) in [4.78, 5) is 14.1. The second-order valence-corrected chi connectivity index (χ2v) is 5.04. The minimum absolute atomic E-state index is 0.239. The number of amides is 1. The van der Waals surface area contributed by atoms with Gasteiger partial charge < -0.3 is 0 Å². The summed E-state index contributed by atoms with van der Waals surface area (Å²) >= 11 is 0. The van der Waals surface area contributed by atoms with Crippen LogP contribution in [0.2, 0.25) is 0 Å². The molecule has 3 N–H and O–H groups in total. The van der Waals surface area contributed by atoms with Gasteiger partial charge in [-0.3, -0.25) is 15.1 Å². The minimum atomic E-state index is -0.239. The summed E-state index contributed by atoms with van der Waals surface area (Å²) in [5.41, 5.74) is 6.59. The molecule has 4 heteroatoms. The van der Waals surface area contributed by atoms with Crippen molar-refractivity contribution in [1.82, 2.24) is 10.3 Å². The Morgan fingerprint density at radius 1 is 1.05 bits per heavy atom. The average Bonchev–Trinajstić information content (AvgIpc) is 2.89. The quantitative estimate of drug-likeness (QED) is 0.506. The summed E-state index contributed by atoms with van der Waals surface area (Å²) in [5, 5.41) is 0. The molecule has 1 aliphatic rings. The van der Waals surface area contributed by atoms with E-state index in [0.717, 1.165) is 25.2 Å². The van der Waals surface area contributed by atoms with Crippen LogP contribution in [0.3, 0.4) is 0 Å². The number of hydrogen-bond acceptors (Lipinski definition) is 3. The van der Waals surface area contributed by atoms with Gasteiger partial charge in [-0.2, -0.15) is 0 Å². The van der Waals surface area contributed by atoms with E-state index in [1.165, 1.54) is 11.1 Å². The zero-order chi connectivity index (χ0) is 13.9. The van der Waals surface area contributed by atoms with E-state index in [1.807, 2.05) is 18.2 Å². The Kier molecular flexibility index (Phi) is 3.50. The molecule has 0 aromatic heterocycles. The topological polar surface area (TPSA) is 58.4 Å².